The minimum atomic E-state index is -0.131. The fraction of sp³-hybridized carbons (Fsp3) is 0. The summed E-state index contributed by atoms with van der Waals surface area (Å²) >= 11 is 5.82. The van der Waals surface area contributed by atoms with Gasteiger partial charge in [0.25, 0.3) is 5.91 Å². The number of imidazole rings is 1. The fourth-order valence-corrected chi connectivity index (χ4v) is 2.08. The number of aromatic nitrogens is 2. The first-order valence-corrected chi connectivity index (χ1v) is 6.52. The van der Waals surface area contributed by atoms with Gasteiger partial charge in [-0.1, -0.05) is 35.9 Å². The number of fused-ring (bicyclic) bond motifs is 1. The lowest BCUT2D eigenvalue weighted by molar-refractivity contribution is 0.0974. The monoisotopic (exact) mass is 282 g/mol. The molecule has 0 aliphatic rings. The van der Waals surface area contributed by atoms with Crippen LogP contribution >= 0.6 is 11.6 Å². The van der Waals surface area contributed by atoms with Gasteiger partial charge in [-0.3, -0.25) is 9.36 Å². The van der Waals surface area contributed by atoms with Gasteiger partial charge in [-0.2, -0.15) is 0 Å². The van der Waals surface area contributed by atoms with E-state index in [1.807, 2.05) is 36.4 Å². The lowest BCUT2D eigenvalue weighted by Gasteiger charge is -1.98. The van der Waals surface area contributed by atoms with E-state index in [9.17, 15) is 4.79 Å². The molecule has 0 saturated carbocycles. The van der Waals surface area contributed by atoms with Crippen molar-refractivity contribution in [1.82, 2.24) is 9.55 Å². The Labute approximate surface area is 121 Å². The van der Waals surface area contributed by atoms with Crippen molar-refractivity contribution in [3.05, 3.63) is 71.5 Å². The molecule has 3 nitrogen and oxygen atoms in total. The summed E-state index contributed by atoms with van der Waals surface area (Å²) in [5, 5.41) is 0.675. The zero-order chi connectivity index (χ0) is 13.9. The highest BCUT2D eigenvalue weighted by molar-refractivity contribution is 6.30. The molecule has 0 fully saturated rings. The Morgan fingerprint density at radius 3 is 2.65 bits per heavy atom. The Balaban J connectivity index is 1.87. The maximum Gasteiger partial charge on any atom is 0.256 e. The molecule has 0 spiro atoms. The molecule has 0 atom stereocenters. The van der Waals surface area contributed by atoms with Crippen LogP contribution in [0.5, 0.6) is 0 Å². The number of nitrogens with zero attached hydrogens (tertiary/aromatic N) is 2. The number of rotatable bonds is 2. The van der Waals surface area contributed by atoms with Crippen LogP contribution in [0.2, 0.25) is 5.02 Å². The second kappa shape index (κ2) is 5.31. The average molecular weight is 283 g/mol. The third kappa shape index (κ3) is 2.49. The van der Waals surface area contributed by atoms with Gasteiger partial charge in [0.2, 0.25) is 0 Å². The molecule has 0 saturated heterocycles. The van der Waals surface area contributed by atoms with E-state index in [0.717, 1.165) is 16.6 Å². The predicted molar refractivity (Wildman–Crippen MR) is 80.8 cm³/mol. The first-order valence-electron chi connectivity index (χ1n) is 6.14. The van der Waals surface area contributed by atoms with Crippen LogP contribution in [0.1, 0.15) is 10.4 Å². The number of hydrogen-bond acceptors (Lipinski definition) is 2. The van der Waals surface area contributed by atoms with Crippen LogP contribution in [0.25, 0.3) is 17.1 Å². The van der Waals surface area contributed by atoms with Crippen molar-refractivity contribution in [3.63, 3.8) is 0 Å². The molecule has 0 unspecified atom stereocenters. The molecular formula is C16H11ClN2O. The Morgan fingerprint density at radius 1 is 1.10 bits per heavy atom. The molecule has 0 amide bonds. The minimum absolute atomic E-state index is 0.131. The van der Waals surface area contributed by atoms with Gasteiger partial charge in [-0.05, 0) is 35.9 Å². The molecule has 0 aliphatic carbocycles. The SMILES string of the molecule is O=C(C=Cc1ccc(Cl)cc1)n1cnc2ccccc21. The normalized spacial score (nSPS) is 11.2. The van der Waals surface area contributed by atoms with Crippen LogP contribution in [0.15, 0.2) is 60.9 Å². The maximum absolute atomic E-state index is 12.2. The highest BCUT2D eigenvalue weighted by Gasteiger charge is 2.06. The third-order valence-electron chi connectivity index (χ3n) is 2.98. The average Bonchev–Trinajstić information content (AvgIpc) is 2.90. The van der Waals surface area contributed by atoms with Crippen molar-refractivity contribution in [2.45, 2.75) is 0 Å². The molecule has 20 heavy (non-hydrogen) atoms. The summed E-state index contributed by atoms with van der Waals surface area (Å²) in [6.07, 6.45) is 4.82. The molecule has 1 heterocycles. The van der Waals surface area contributed by atoms with Gasteiger partial charge in [0.1, 0.15) is 6.33 Å². The van der Waals surface area contributed by atoms with E-state index in [1.54, 1.807) is 24.5 Å². The summed E-state index contributed by atoms with van der Waals surface area (Å²) < 4.78 is 1.53. The van der Waals surface area contributed by atoms with E-state index in [1.165, 1.54) is 10.6 Å². The van der Waals surface area contributed by atoms with Crippen LogP contribution in [0, 0.1) is 0 Å². The summed E-state index contributed by atoms with van der Waals surface area (Å²) in [5.41, 5.74) is 2.53. The molecule has 3 rings (SSSR count). The van der Waals surface area contributed by atoms with E-state index < -0.39 is 0 Å². The minimum Gasteiger partial charge on any atom is -0.269 e. The van der Waals surface area contributed by atoms with Gasteiger partial charge in [0.05, 0.1) is 11.0 Å². The fourth-order valence-electron chi connectivity index (χ4n) is 1.96. The smallest absolute Gasteiger partial charge is 0.256 e. The van der Waals surface area contributed by atoms with Crippen molar-refractivity contribution in [2.75, 3.05) is 0 Å². The third-order valence-corrected chi connectivity index (χ3v) is 3.23. The number of carbonyl (C=O) groups excluding carboxylic acids is 1. The molecule has 1 aromatic heterocycles. The second-order valence-corrected chi connectivity index (χ2v) is 4.76. The zero-order valence-corrected chi connectivity index (χ0v) is 11.3. The Hall–Kier alpha value is -2.39. The van der Waals surface area contributed by atoms with Crippen molar-refractivity contribution in [3.8, 4) is 0 Å². The Bertz CT molecular complexity index is 788. The summed E-state index contributed by atoms with van der Waals surface area (Å²) in [5.74, 6) is -0.131. The first kappa shape index (κ1) is 12.6. The predicted octanol–water partition coefficient (Wildman–Crippen LogP) is 4.04. The topological polar surface area (TPSA) is 34.9 Å². The van der Waals surface area contributed by atoms with Gasteiger partial charge < -0.3 is 0 Å². The molecule has 0 bridgehead atoms. The van der Waals surface area contributed by atoms with Crippen LogP contribution in [0.4, 0.5) is 0 Å². The molecule has 0 radical (unpaired) electrons. The lowest BCUT2D eigenvalue weighted by Crippen LogP contribution is -2.05. The molecule has 4 heteroatoms. The number of benzene rings is 2. The van der Waals surface area contributed by atoms with Crippen LogP contribution in [-0.2, 0) is 0 Å². The van der Waals surface area contributed by atoms with Gasteiger partial charge in [-0.25, -0.2) is 4.98 Å². The zero-order valence-electron chi connectivity index (χ0n) is 10.5. The first-order chi connectivity index (χ1) is 9.74. The largest absolute Gasteiger partial charge is 0.269 e. The van der Waals surface area contributed by atoms with Crippen LogP contribution in [-0.4, -0.2) is 15.5 Å². The van der Waals surface area contributed by atoms with Crippen LogP contribution in [0.3, 0.4) is 0 Å². The van der Waals surface area contributed by atoms with Crippen molar-refractivity contribution in [1.29, 1.82) is 0 Å². The molecule has 0 aliphatic heterocycles. The summed E-state index contributed by atoms with van der Waals surface area (Å²) in [4.78, 5) is 16.4. The van der Waals surface area contributed by atoms with Crippen LogP contribution < -0.4 is 0 Å². The molecule has 0 N–H and O–H groups in total. The summed E-state index contributed by atoms with van der Waals surface area (Å²) in [6, 6.07) is 14.8. The Morgan fingerprint density at radius 2 is 1.85 bits per heavy atom. The van der Waals surface area contributed by atoms with Gasteiger partial charge >= 0.3 is 0 Å². The molecule has 2 aromatic carbocycles. The quantitative estimate of drug-likeness (QED) is 0.665. The van der Waals surface area contributed by atoms with E-state index in [2.05, 4.69) is 4.98 Å². The highest BCUT2D eigenvalue weighted by atomic mass is 35.5. The van der Waals surface area contributed by atoms with E-state index in [0.29, 0.717) is 5.02 Å². The van der Waals surface area contributed by atoms with E-state index >= 15 is 0 Å². The summed E-state index contributed by atoms with van der Waals surface area (Å²) in [7, 11) is 0. The highest BCUT2D eigenvalue weighted by Crippen LogP contribution is 2.13. The number of halogens is 1. The Kier molecular flexibility index (Phi) is 3.35. The number of para-hydroxylation sites is 2. The maximum atomic E-state index is 12.2. The number of allylic oxidation sites excluding steroid dienone is 1. The van der Waals surface area contributed by atoms with Gasteiger partial charge in [-0.15, -0.1) is 0 Å². The number of hydrogen-bond donors (Lipinski definition) is 0. The second-order valence-electron chi connectivity index (χ2n) is 4.33. The van der Waals surface area contributed by atoms with Crippen molar-refractivity contribution in [2.24, 2.45) is 0 Å². The number of carbonyl (C=O) groups is 1. The van der Waals surface area contributed by atoms with Gasteiger partial charge in [0, 0.05) is 11.1 Å². The van der Waals surface area contributed by atoms with E-state index in [-0.39, 0.29) is 5.91 Å². The van der Waals surface area contributed by atoms with E-state index in [4.69, 9.17) is 11.6 Å². The molecular weight excluding hydrogens is 272 g/mol. The lowest BCUT2D eigenvalue weighted by atomic mass is 10.2. The standard InChI is InChI=1S/C16H11ClN2O/c17-13-8-5-12(6-9-13)7-10-16(20)19-11-18-14-3-1-2-4-15(14)19/h1-11H. The van der Waals surface area contributed by atoms with Crippen molar-refractivity contribution < 1.29 is 4.79 Å². The van der Waals surface area contributed by atoms with Gasteiger partial charge in [0.15, 0.2) is 0 Å². The summed E-state index contributed by atoms with van der Waals surface area (Å²) in [6.45, 7) is 0. The molecule has 3 aromatic rings. The van der Waals surface area contributed by atoms with Crippen molar-refractivity contribution >= 4 is 34.6 Å². The molecule has 98 valence electrons.